The number of amides is 1. The minimum absolute atomic E-state index is 0.00539. The number of nitrogens with zero attached hydrogens (tertiary/aromatic N) is 1. The van der Waals surface area contributed by atoms with Crippen molar-refractivity contribution in [2.45, 2.75) is 26.4 Å². The van der Waals surface area contributed by atoms with Gasteiger partial charge >= 0.3 is 5.97 Å². The first-order valence-corrected chi connectivity index (χ1v) is 9.47. The predicted molar refractivity (Wildman–Crippen MR) is 112 cm³/mol. The Bertz CT molecular complexity index is 1090. The molecule has 6 nitrogen and oxygen atoms in total. The van der Waals surface area contributed by atoms with Gasteiger partial charge in [-0.1, -0.05) is 56.3 Å². The second kappa shape index (κ2) is 8.73. The highest BCUT2D eigenvalue weighted by atomic mass is 16.5. The van der Waals surface area contributed by atoms with Gasteiger partial charge in [-0.15, -0.1) is 0 Å². The number of nitrogens with one attached hydrogen (secondary N) is 1. The fraction of sp³-hybridized carbons (Fsp3) is 0.261. The molecule has 6 heteroatoms. The smallest absolute Gasteiger partial charge is 0.328 e. The van der Waals surface area contributed by atoms with Gasteiger partial charge in [-0.05, 0) is 23.6 Å². The van der Waals surface area contributed by atoms with Crippen molar-refractivity contribution in [2.75, 3.05) is 7.11 Å². The molecule has 0 unspecified atom stereocenters. The lowest BCUT2D eigenvalue weighted by Gasteiger charge is -2.20. The van der Waals surface area contributed by atoms with E-state index in [0.717, 1.165) is 11.1 Å². The number of benzene rings is 2. The zero-order valence-electron chi connectivity index (χ0n) is 16.7. The van der Waals surface area contributed by atoms with Crippen molar-refractivity contribution in [3.63, 3.8) is 0 Å². The normalized spacial score (nSPS) is 12.0. The van der Waals surface area contributed by atoms with Crippen molar-refractivity contribution >= 4 is 22.8 Å². The Hall–Kier alpha value is -3.41. The number of para-hydroxylation sites is 1. The van der Waals surface area contributed by atoms with Crippen molar-refractivity contribution in [1.82, 2.24) is 9.88 Å². The van der Waals surface area contributed by atoms with Crippen LogP contribution in [0.2, 0.25) is 0 Å². The molecule has 2 aromatic carbocycles. The molecule has 1 amide bonds. The predicted octanol–water partition coefficient (Wildman–Crippen LogP) is 2.98. The molecule has 1 N–H and O–H groups in total. The molecule has 0 fully saturated rings. The maximum Gasteiger partial charge on any atom is 0.328 e. The molecular weight excluding hydrogens is 368 g/mol. The number of carbonyl (C=O) groups is 2. The molecular formula is C23H24N2O4. The van der Waals surface area contributed by atoms with Crippen LogP contribution in [0.3, 0.4) is 0 Å². The van der Waals surface area contributed by atoms with E-state index in [4.69, 9.17) is 4.74 Å². The van der Waals surface area contributed by atoms with Gasteiger partial charge in [0.2, 0.25) is 5.43 Å². The summed E-state index contributed by atoms with van der Waals surface area (Å²) in [6, 6.07) is 16.1. The first-order valence-electron chi connectivity index (χ1n) is 9.47. The Morgan fingerprint density at radius 3 is 2.34 bits per heavy atom. The summed E-state index contributed by atoms with van der Waals surface area (Å²) in [4.78, 5) is 37.9. The fourth-order valence-electron chi connectivity index (χ4n) is 3.26. The summed E-state index contributed by atoms with van der Waals surface area (Å²) in [5.41, 5.74) is 1.41. The van der Waals surface area contributed by atoms with Crippen molar-refractivity contribution < 1.29 is 14.3 Å². The topological polar surface area (TPSA) is 77.4 Å². The highest BCUT2D eigenvalue weighted by Crippen LogP contribution is 2.15. The molecule has 29 heavy (non-hydrogen) atoms. The van der Waals surface area contributed by atoms with E-state index in [0.29, 0.717) is 11.9 Å². The number of aromatic nitrogens is 1. The Balaban J connectivity index is 2.06. The summed E-state index contributed by atoms with van der Waals surface area (Å²) in [5, 5.41) is 3.11. The van der Waals surface area contributed by atoms with Crippen LogP contribution in [0, 0.1) is 5.92 Å². The zero-order chi connectivity index (χ0) is 21.0. The summed E-state index contributed by atoms with van der Waals surface area (Å²) in [6.07, 6.45) is 1.56. The molecule has 1 heterocycles. The number of pyridine rings is 1. The maximum absolute atomic E-state index is 13.0. The van der Waals surface area contributed by atoms with E-state index in [9.17, 15) is 14.4 Å². The molecule has 0 spiro atoms. The average molecular weight is 392 g/mol. The molecule has 0 aliphatic heterocycles. The van der Waals surface area contributed by atoms with Crippen molar-refractivity contribution in [2.24, 2.45) is 5.92 Å². The Kier molecular flexibility index (Phi) is 6.12. The van der Waals surface area contributed by atoms with Crippen LogP contribution in [0.1, 0.15) is 29.8 Å². The van der Waals surface area contributed by atoms with Crippen molar-refractivity contribution in [1.29, 1.82) is 0 Å². The van der Waals surface area contributed by atoms with Crippen LogP contribution < -0.4 is 10.7 Å². The molecule has 0 bridgehead atoms. The second-order valence-corrected chi connectivity index (χ2v) is 7.22. The highest BCUT2D eigenvalue weighted by molar-refractivity contribution is 5.99. The number of hydrogen-bond donors (Lipinski definition) is 1. The molecule has 0 saturated carbocycles. The lowest BCUT2D eigenvalue weighted by Crippen LogP contribution is -2.46. The van der Waals surface area contributed by atoms with Crippen LogP contribution in [-0.4, -0.2) is 29.6 Å². The van der Waals surface area contributed by atoms with E-state index in [1.165, 1.54) is 7.11 Å². The molecule has 0 saturated heterocycles. The van der Waals surface area contributed by atoms with Crippen LogP contribution in [0.25, 0.3) is 10.9 Å². The molecule has 0 radical (unpaired) electrons. The van der Waals surface area contributed by atoms with Gasteiger partial charge in [-0.3, -0.25) is 9.59 Å². The first kappa shape index (κ1) is 20.3. The van der Waals surface area contributed by atoms with Gasteiger partial charge in [0.1, 0.15) is 11.6 Å². The number of carbonyl (C=O) groups excluding carboxylic acids is 2. The lowest BCUT2D eigenvalue weighted by molar-refractivity contribution is -0.144. The third-order valence-electron chi connectivity index (χ3n) is 4.84. The standard InChI is InChI=1S/C23H24N2O4/c1-15(2)20(23(28)29-3)24-22(27)18-14-25(13-16-9-5-4-6-10-16)19-12-8-7-11-17(19)21(18)26/h4-12,14-15,20H,13H2,1-3H3,(H,24,27)/t20-/m0/s1. The van der Waals surface area contributed by atoms with Crippen molar-refractivity contribution in [3.8, 4) is 0 Å². The van der Waals surface area contributed by atoms with Gasteiger partial charge < -0.3 is 14.6 Å². The summed E-state index contributed by atoms with van der Waals surface area (Å²) < 4.78 is 6.66. The van der Waals surface area contributed by atoms with E-state index < -0.39 is 17.9 Å². The minimum Gasteiger partial charge on any atom is -0.467 e. The second-order valence-electron chi connectivity index (χ2n) is 7.22. The van der Waals surface area contributed by atoms with Crippen LogP contribution in [0.5, 0.6) is 0 Å². The van der Waals surface area contributed by atoms with E-state index in [2.05, 4.69) is 5.32 Å². The van der Waals surface area contributed by atoms with E-state index in [-0.39, 0.29) is 16.9 Å². The number of rotatable bonds is 6. The van der Waals surface area contributed by atoms with Gasteiger partial charge in [-0.2, -0.15) is 0 Å². The minimum atomic E-state index is -0.832. The summed E-state index contributed by atoms with van der Waals surface area (Å²) >= 11 is 0. The molecule has 150 valence electrons. The van der Waals surface area contributed by atoms with Gasteiger partial charge in [0.15, 0.2) is 0 Å². The van der Waals surface area contributed by atoms with Crippen LogP contribution in [0.15, 0.2) is 65.6 Å². The monoisotopic (exact) mass is 392 g/mol. The lowest BCUT2D eigenvalue weighted by atomic mass is 10.0. The van der Waals surface area contributed by atoms with Crippen molar-refractivity contribution in [3.05, 3.63) is 82.1 Å². The highest BCUT2D eigenvalue weighted by Gasteiger charge is 2.27. The molecule has 0 aliphatic carbocycles. The summed E-state index contributed by atoms with van der Waals surface area (Å²) in [7, 11) is 1.27. The fourth-order valence-corrected chi connectivity index (χ4v) is 3.26. The average Bonchev–Trinajstić information content (AvgIpc) is 2.74. The van der Waals surface area contributed by atoms with Crippen LogP contribution in [-0.2, 0) is 16.1 Å². The number of hydrogen-bond acceptors (Lipinski definition) is 4. The molecule has 3 rings (SSSR count). The summed E-state index contributed by atoms with van der Waals surface area (Å²) in [5.74, 6) is -1.32. The quantitative estimate of drug-likeness (QED) is 0.654. The Morgan fingerprint density at radius 1 is 1.03 bits per heavy atom. The van der Waals surface area contributed by atoms with Gasteiger partial charge in [0.05, 0.1) is 12.6 Å². The third kappa shape index (κ3) is 4.37. The number of methoxy groups -OCH3 is 1. The van der Waals surface area contributed by atoms with Gasteiger partial charge in [-0.25, -0.2) is 4.79 Å². The molecule has 1 aromatic heterocycles. The van der Waals surface area contributed by atoms with Gasteiger partial charge in [0.25, 0.3) is 5.91 Å². The number of ether oxygens (including phenoxy) is 1. The molecule has 0 aliphatic rings. The number of fused-ring (bicyclic) bond motifs is 1. The SMILES string of the molecule is COC(=O)[C@@H](NC(=O)c1cn(Cc2ccccc2)c2ccccc2c1=O)C(C)C. The third-order valence-corrected chi connectivity index (χ3v) is 4.84. The summed E-state index contributed by atoms with van der Waals surface area (Å²) in [6.45, 7) is 4.11. The Labute approximate surface area is 169 Å². The van der Waals surface area contributed by atoms with Gasteiger partial charge in [0, 0.05) is 18.1 Å². The molecule has 1 atom stereocenters. The van der Waals surface area contributed by atoms with E-state index >= 15 is 0 Å². The molecule has 3 aromatic rings. The number of esters is 1. The maximum atomic E-state index is 13.0. The Morgan fingerprint density at radius 2 is 1.69 bits per heavy atom. The zero-order valence-corrected chi connectivity index (χ0v) is 16.7. The van der Waals surface area contributed by atoms with Crippen LogP contribution in [0.4, 0.5) is 0 Å². The largest absolute Gasteiger partial charge is 0.467 e. The first-order chi connectivity index (χ1) is 13.9. The van der Waals surface area contributed by atoms with E-state index in [1.54, 1.807) is 32.2 Å². The van der Waals surface area contributed by atoms with E-state index in [1.807, 2.05) is 47.0 Å². The van der Waals surface area contributed by atoms with Crippen LogP contribution >= 0.6 is 0 Å².